The summed E-state index contributed by atoms with van der Waals surface area (Å²) in [6.45, 7) is 9.95. The Hall–Kier alpha value is -2.67. The van der Waals surface area contributed by atoms with Gasteiger partial charge < -0.3 is 14.7 Å². The highest BCUT2D eigenvalue weighted by Gasteiger charge is 2.38. The van der Waals surface area contributed by atoms with Crippen LogP contribution in [0.1, 0.15) is 49.3 Å². The van der Waals surface area contributed by atoms with Gasteiger partial charge in [0.1, 0.15) is 5.67 Å². The highest BCUT2D eigenvalue weighted by molar-refractivity contribution is 5.86. The molecule has 2 aromatic heterocycles. The maximum Gasteiger partial charge on any atom is 0.118 e. The van der Waals surface area contributed by atoms with Crippen LogP contribution in [0.3, 0.4) is 0 Å². The number of H-pyrrole nitrogens is 2. The molecule has 0 aliphatic carbocycles. The number of nitrogens with zero attached hydrogens (tertiary/aromatic N) is 2. The number of para-hydroxylation sites is 1. The van der Waals surface area contributed by atoms with Crippen molar-refractivity contribution in [3.63, 3.8) is 0 Å². The molecule has 4 aromatic rings. The van der Waals surface area contributed by atoms with Crippen molar-refractivity contribution in [1.29, 1.82) is 0 Å². The molecule has 190 valence electrons. The molecular formula is C30H37FN4O. The molecule has 0 radical (unpaired) electrons. The van der Waals surface area contributed by atoms with Gasteiger partial charge in [0.2, 0.25) is 0 Å². The zero-order chi connectivity index (χ0) is 25.0. The van der Waals surface area contributed by atoms with Crippen LogP contribution in [-0.4, -0.2) is 64.8 Å². The minimum Gasteiger partial charge on any atom is -0.384 e. The molecule has 4 heterocycles. The molecule has 2 atom stereocenters. The number of hydrogen-bond acceptors (Lipinski definition) is 3. The van der Waals surface area contributed by atoms with Crippen LogP contribution in [0, 0.1) is 5.92 Å². The van der Waals surface area contributed by atoms with Crippen molar-refractivity contribution < 1.29 is 9.13 Å². The van der Waals surface area contributed by atoms with Gasteiger partial charge in [0.25, 0.3) is 0 Å². The summed E-state index contributed by atoms with van der Waals surface area (Å²) in [5.41, 5.74) is 6.06. The predicted octanol–water partition coefficient (Wildman–Crippen LogP) is 5.81. The fraction of sp³-hybridized carbons (Fsp3) is 0.467. The summed E-state index contributed by atoms with van der Waals surface area (Å²) in [7, 11) is 1.78. The molecule has 0 saturated carbocycles. The first-order valence-corrected chi connectivity index (χ1v) is 13.2. The van der Waals surface area contributed by atoms with Crippen molar-refractivity contribution >= 4 is 21.8 Å². The van der Waals surface area contributed by atoms with Gasteiger partial charge in [-0.25, -0.2) is 4.39 Å². The quantitative estimate of drug-likeness (QED) is 0.345. The van der Waals surface area contributed by atoms with Crippen LogP contribution in [0.4, 0.5) is 4.39 Å². The van der Waals surface area contributed by atoms with Gasteiger partial charge in [-0.1, -0.05) is 24.3 Å². The Morgan fingerprint density at radius 2 is 1.86 bits per heavy atom. The number of fused-ring (bicyclic) bond motifs is 4. The Bertz CT molecular complexity index is 1380. The largest absolute Gasteiger partial charge is 0.384 e. The van der Waals surface area contributed by atoms with Crippen molar-refractivity contribution in [1.82, 2.24) is 19.8 Å². The van der Waals surface area contributed by atoms with Gasteiger partial charge in [-0.15, -0.1) is 0 Å². The first-order valence-electron chi connectivity index (χ1n) is 13.2. The van der Waals surface area contributed by atoms with Crippen LogP contribution in [-0.2, 0) is 17.7 Å². The molecular weight excluding hydrogens is 451 g/mol. The average molecular weight is 489 g/mol. The van der Waals surface area contributed by atoms with Gasteiger partial charge in [-0.05, 0) is 62.6 Å². The fourth-order valence-corrected chi connectivity index (χ4v) is 6.40. The lowest BCUT2D eigenvalue weighted by Gasteiger charge is -2.43. The molecule has 2 aromatic carbocycles. The van der Waals surface area contributed by atoms with Crippen LogP contribution >= 0.6 is 0 Å². The summed E-state index contributed by atoms with van der Waals surface area (Å²) in [6, 6.07) is 17.8. The Labute approximate surface area is 212 Å². The van der Waals surface area contributed by atoms with E-state index in [4.69, 9.17) is 4.74 Å². The number of nitrogens with one attached hydrogen (secondary N) is 2. The van der Waals surface area contributed by atoms with Gasteiger partial charge in [-0.3, -0.25) is 9.80 Å². The number of benzene rings is 2. The molecule has 36 heavy (non-hydrogen) atoms. The minimum atomic E-state index is -1.28. The van der Waals surface area contributed by atoms with Gasteiger partial charge in [0.05, 0.1) is 12.6 Å². The zero-order valence-electron chi connectivity index (χ0n) is 21.8. The summed E-state index contributed by atoms with van der Waals surface area (Å²) < 4.78 is 20.3. The standard InChI is InChI=1S/C30H37FN4O/c1-19-11-25-24-7-5-6-8-27(24)33-28(25)29(35(19)18-30(2,3)31)21-9-10-26-22(12-21)13-23(32-26)16-34-14-20(15-34)17-36-4/h5-10,12-13,19-20,29,32-33H,11,14-18H2,1-4H3/t19-,29-/m1/s1. The topological polar surface area (TPSA) is 47.3 Å². The number of methoxy groups -OCH3 is 1. The van der Waals surface area contributed by atoms with E-state index in [9.17, 15) is 0 Å². The number of hydrogen-bond donors (Lipinski definition) is 2. The SMILES string of the molecule is COCC1CN(Cc2cc3cc([C@@H]4c5[nH]c6ccccc6c5C[C@@H](C)N4CC(C)(C)F)ccc3[nH]2)C1. The number of likely N-dealkylation sites (tertiary alicyclic amines) is 1. The van der Waals surface area contributed by atoms with Crippen LogP contribution in [0.15, 0.2) is 48.5 Å². The molecule has 2 aliphatic rings. The fourth-order valence-electron chi connectivity index (χ4n) is 6.40. The third-order valence-corrected chi connectivity index (χ3v) is 7.92. The molecule has 6 heteroatoms. The Kier molecular flexibility index (Phi) is 5.94. The first kappa shape index (κ1) is 23.7. The Balaban J connectivity index is 1.36. The number of aromatic nitrogens is 2. The molecule has 0 amide bonds. The van der Waals surface area contributed by atoms with E-state index >= 15 is 4.39 Å². The van der Waals surface area contributed by atoms with E-state index in [1.165, 1.54) is 33.3 Å². The van der Waals surface area contributed by atoms with Crippen molar-refractivity contribution in [2.24, 2.45) is 5.92 Å². The summed E-state index contributed by atoms with van der Waals surface area (Å²) >= 11 is 0. The van der Waals surface area contributed by atoms with E-state index in [-0.39, 0.29) is 12.1 Å². The minimum absolute atomic E-state index is 0.0147. The number of alkyl halides is 1. The van der Waals surface area contributed by atoms with Crippen molar-refractivity contribution in [2.45, 2.75) is 51.5 Å². The van der Waals surface area contributed by atoms with E-state index in [1.807, 2.05) is 0 Å². The summed E-state index contributed by atoms with van der Waals surface area (Å²) in [6.07, 6.45) is 0.919. The zero-order valence-corrected chi connectivity index (χ0v) is 21.8. The Morgan fingerprint density at radius 3 is 2.64 bits per heavy atom. The highest BCUT2D eigenvalue weighted by atomic mass is 19.1. The lowest BCUT2D eigenvalue weighted by atomic mass is 9.87. The lowest BCUT2D eigenvalue weighted by molar-refractivity contribution is 0.0287. The van der Waals surface area contributed by atoms with Crippen molar-refractivity contribution in [3.8, 4) is 0 Å². The molecule has 2 aliphatic heterocycles. The smallest absolute Gasteiger partial charge is 0.118 e. The van der Waals surface area contributed by atoms with Gasteiger partial charge in [0, 0.05) is 78.4 Å². The van der Waals surface area contributed by atoms with Crippen LogP contribution < -0.4 is 0 Å². The maximum atomic E-state index is 15.0. The van der Waals surface area contributed by atoms with Gasteiger partial charge in [-0.2, -0.15) is 0 Å². The predicted molar refractivity (Wildman–Crippen MR) is 144 cm³/mol. The molecule has 0 spiro atoms. The molecule has 1 fully saturated rings. The molecule has 6 rings (SSSR count). The van der Waals surface area contributed by atoms with Gasteiger partial charge in [0.15, 0.2) is 0 Å². The Morgan fingerprint density at radius 1 is 1.06 bits per heavy atom. The van der Waals surface area contributed by atoms with Crippen molar-refractivity contribution in [2.75, 3.05) is 33.4 Å². The summed E-state index contributed by atoms with van der Waals surface area (Å²) in [4.78, 5) is 12.1. The summed E-state index contributed by atoms with van der Waals surface area (Å²) in [5, 5.41) is 2.50. The van der Waals surface area contributed by atoms with E-state index in [2.05, 4.69) is 75.2 Å². The maximum absolute atomic E-state index is 15.0. The molecule has 1 saturated heterocycles. The summed E-state index contributed by atoms with van der Waals surface area (Å²) in [5.74, 6) is 0.649. The van der Waals surface area contributed by atoms with E-state index < -0.39 is 5.67 Å². The molecule has 2 N–H and O–H groups in total. The second kappa shape index (κ2) is 9.02. The van der Waals surface area contributed by atoms with Crippen molar-refractivity contribution in [3.05, 3.63) is 71.0 Å². The number of aromatic amines is 2. The average Bonchev–Trinajstić information content (AvgIpc) is 3.37. The highest BCUT2D eigenvalue weighted by Crippen LogP contribution is 2.42. The third kappa shape index (κ3) is 4.36. The van der Waals surface area contributed by atoms with Crippen LogP contribution in [0.2, 0.25) is 0 Å². The second-order valence-corrected chi connectivity index (χ2v) is 11.6. The molecule has 0 unspecified atom stereocenters. The second-order valence-electron chi connectivity index (χ2n) is 11.6. The normalized spacial score (nSPS) is 21.8. The monoisotopic (exact) mass is 488 g/mol. The third-order valence-electron chi connectivity index (χ3n) is 7.92. The number of halogens is 1. The van der Waals surface area contributed by atoms with E-state index in [1.54, 1.807) is 21.0 Å². The van der Waals surface area contributed by atoms with E-state index in [0.29, 0.717) is 12.5 Å². The first-order chi connectivity index (χ1) is 17.3. The van der Waals surface area contributed by atoms with Crippen LogP contribution in [0.25, 0.3) is 21.8 Å². The molecule has 5 nitrogen and oxygen atoms in total. The lowest BCUT2D eigenvalue weighted by Crippen LogP contribution is -2.47. The van der Waals surface area contributed by atoms with E-state index in [0.717, 1.165) is 43.7 Å². The van der Waals surface area contributed by atoms with Gasteiger partial charge >= 0.3 is 0 Å². The number of rotatable bonds is 7. The van der Waals surface area contributed by atoms with Crippen LogP contribution in [0.5, 0.6) is 0 Å². The molecule has 0 bridgehead atoms. The number of ether oxygens (including phenoxy) is 1.